The highest BCUT2D eigenvalue weighted by atomic mass is 16.6. The maximum atomic E-state index is 13.1. The number of nitrogens with zero attached hydrogens (tertiary/aromatic N) is 3. The fourth-order valence-electron chi connectivity index (χ4n) is 4.44. The summed E-state index contributed by atoms with van der Waals surface area (Å²) >= 11 is 0. The van der Waals surface area contributed by atoms with E-state index in [1.54, 1.807) is 11.8 Å². The Labute approximate surface area is 210 Å². The van der Waals surface area contributed by atoms with Crippen LogP contribution in [0.2, 0.25) is 0 Å². The van der Waals surface area contributed by atoms with Gasteiger partial charge in [0.05, 0.1) is 47.8 Å². The molecule has 2 amide bonds. The number of anilines is 3. The van der Waals surface area contributed by atoms with Crippen molar-refractivity contribution in [1.29, 1.82) is 0 Å². The number of amides is 2. The van der Waals surface area contributed by atoms with Gasteiger partial charge in [-0.2, -0.15) is 4.98 Å². The summed E-state index contributed by atoms with van der Waals surface area (Å²) < 4.78 is 10.2. The summed E-state index contributed by atoms with van der Waals surface area (Å²) in [6.45, 7) is 2.95. The Morgan fingerprint density at radius 3 is 2.65 bits per heavy atom. The second-order valence-corrected chi connectivity index (χ2v) is 8.60. The predicted octanol–water partition coefficient (Wildman–Crippen LogP) is 1.53. The lowest BCUT2D eigenvalue weighted by Gasteiger charge is -2.32. The number of methoxy groups -OCH3 is 1. The molecule has 0 aliphatic carbocycles. The number of carbonyl (C=O) groups is 3. The Morgan fingerprint density at radius 2 is 2.00 bits per heavy atom. The molecule has 3 heterocycles. The Bertz CT molecular complexity index is 1300. The van der Waals surface area contributed by atoms with Gasteiger partial charge in [-0.25, -0.2) is 0 Å². The third kappa shape index (κ3) is 5.37. The Kier molecular flexibility index (Phi) is 7.36. The average Bonchev–Trinajstić information content (AvgIpc) is 2.88. The molecule has 0 spiro atoms. The number of aromatic amines is 1. The molecule has 1 fully saturated rings. The van der Waals surface area contributed by atoms with Crippen molar-refractivity contribution < 1.29 is 28.8 Å². The Balaban J connectivity index is 1.55. The van der Waals surface area contributed by atoms with E-state index in [-0.39, 0.29) is 52.8 Å². The van der Waals surface area contributed by atoms with Gasteiger partial charge in [0.15, 0.2) is 0 Å². The number of fused-ring (bicyclic) bond motifs is 1. The van der Waals surface area contributed by atoms with Crippen LogP contribution in [0.1, 0.15) is 37.7 Å². The first kappa shape index (κ1) is 25.6. The third-order valence-corrected chi connectivity index (χ3v) is 6.32. The monoisotopic (exact) mass is 514 g/mol. The van der Waals surface area contributed by atoms with Gasteiger partial charge in [-0.05, 0) is 25.8 Å². The highest BCUT2D eigenvalue weighted by Crippen LogP contribution is 2.34. The lowest BCUT2D eigenvalue weighted by Crippen LogP contribution is -2.41. The minimum Gasteiger partial charge on any atom is -0.494 e. The van der Waals surface area contributed by atoms with Gasteiger partial charge >= 0.3 is 5.97 Å². The molecule has 14 nitrogen and oxygen atoms in total. The zero-order chi connectivity index (χ0) is 26.7. The summed E-state index contributed by atoms with van der Waals surface area (Å²) in [5.74, 6) is -2.53. The number of ether oxygens (including phenoxy) is 2. The van der Waals surface area contributed by atoms with Crippen molar-refractivity contribution in [2.24, 2.45) is 5.92 Å². The van der Waals surface area contributed by atoms with Gasteiger partial charge in [0.1, 0.15) is 11.6 Å². The van der Waals surface area contributed by atoms with Crippen LogP contribution in [-0.4, -0.2) is 59.5 Å². The molecule has 2 aliphatic heterocycles. The molecule has 1 aromatic heterocycles. The molecular weight excluding hydrogens is 488 g/mol. The fourth-order valence-corrected chi connectivity index (χ4v) is 4.44. The second-order valence-electron chi connectivity index (χ2n) is 8.60. The number of aromatic nitrogens is 2. The molecule has 4 rings (SSSR count). The van der Waals surface area contributed by atoms with E-state index in [1.807, 2.05) is 0 Å². The summed E-state index contributed by atoms with van der Waals surface area (Å²) in [7, 11) is 1.30. The summed E-state index contributed by atoms with van der Waals surface area (Å²) in [6.07, 6.45) is 0.755. The smallest absolute Gasteiger partial charge is 0.309 e. The molecule has 2 aromatic rings. The number of esters is 1. The van der Waals surface area contributed by atoms with Gasteiger partial charge in [0, 0.05) is 25.6 Å². The number of nitro benzene ring substituents is 1. The van der Waals surface area contributed by atoms with Crippen molar-refractivity contribution >= 4 is 40.9 Å². The summed E-state index contributed by atoms with van der Waals surface area (Å²) in [5.41, 5.74) is -0.653. The van der Waals surface area contributed by atoms with Crippen molar-refractivity contribution in [2.45, 2.75) is 32.1 Å². The number of rotatable bonds is 7. The van der Waals surface area contributed by atoms with Gasteiger partial charge in [0.2, 0.25) is 17.8 Å². The summed E-state index contributed by atoms with van der Waals surface area (Å²) in [4.78, 5) is 69.9. The molecule has 0 radical (unpaired) electrons. The first-order valence-electron chi connectivity index (χ1n) is 11.7. The van der Waals surface area contributed by atoms with Crippen LogP contribution in [0, 0.1) is 16.0 Å². The van der Waals surface area contributed by atoms with Gasteiger partial charge in [-0.15, -0.1) is 0 Å². The van der Waals surface area contributed by atoms with Crippen LogP contribution >= 0.6 is 0 Å². The van der Waals surface area contributed by atoms with Gasteiger partial charge in [-0.1, -0.05) is 0 Å². The third-order valence-electron chi connectivity index (χ3n) is 6.32. The number of carbonyl (C=O) groups excluding carboxylic acids is 3. The predicted molar refractivity (Wildman–Crippen MR) is 131 cm³/mol. The first-order chi connectivity index (χ1) is 17.7. The topological polar surface area (TPSA) is 186 Å². The van der Waals surface area contributed by atoms with Crippen LogP contribution in [0.15, 0.2) is 23.0 Å². The van der Waals surface area contributed by atoms with E-state index in [2.05, 4.69) is 20.6 Å². The lowest BCUT2D eigenvalue weighted by atomic mass is 9.92. The highest BCUT2D eigenvalue weighted by Gasteiger charge is 2.36. The maximum absolute atomic E-state index is 13.1. The molecule has 1 saturated heterocycles. The molecule has 196 valence electrons. The van der Waals surface area contributed by atoms with Crippen LogP contribution in [0.4, 0.5) is 23.1 Å². The van der Waals surface area contributed by atoms with Crippen LogP contribution in [0.25, 0.3) is 0 Å². The standard InChI is InChI=1S/C23H26N6O8/c1-3-37-22(33)12-6-8-28(9-7-12)23-26-19-18(21(32)27-23)14(11-17(30)25-19)20(31)24-15-5-4-13(29(34)35)10-16(15)36-2/h4-5,10,12,14H,3,6-9,11H2,1-2H3,(H,24,31)(H2,25,26,27,30,32). The van der Waals surface area contributed by atoms with Crippen molar-refractivity contribution in [3.63, 3.8) is 0 Å². The van der Waals surface area contributed by atoms with E-state index < -0.39 is 28.2 Å². The molecule has 3 N–H and O–H groups in total. The number of benzene rings is 1. The molecular formula is C23H26N6O8. The van der Waals surface area contributed by atoms with Crippen LogP contribution in [0.3, 0.4) is 0 Å². The van der Waals surface area contributed by atoms with E-state index in [9.17, 15) is 29.3 Å². The zero-order valence-corrected chi connectivity index (χ0v) is 20.2. The van der Waals surface area contributed by atoms with Crippen molar-refractivity contribution in [3.05, 3.63) is 44.2 Å². The van der Waals surface area contributed by atoms with Crippen molar-refractivity contribution in [1.82, 2.24) is 9.97 Å². The van der Waals surface area contributed by atoms with Crippen LogP contribution in [-0.2, 0) is 19.1 Å². The number of non-ortho nitro benzene ring substituents is 1. The van der Waals surface area contributed by atoms with Crippen molar-refractivity contribution in [2.75, 3.05) is 42.3 Å². The molecule has 37 heavy (non-hydrogen) atoms. The lowest BCUT2D eigenvalue weighted by molar-refractivity contribution is -0.384. The fraction of sp³-hybridized carbons (Fsp3) is 0.435. The van der Waals surface area contributed by atoms with Gasteiger partial charge in [0.25, 0.3) is 11.2 Å². The molecule has 1 unspecified atom stereocenters. The molecule has 14 heteroatoms. The molecule has 2 aliphatic rings. The minimum atomic E-state index is -1.15. The molecule has 1 atom stereocenters. The van der Waals surface area contributed by atoms with Crippen molar-refractivity contribution in [3.8, 4) is 5.75 Å². The maximum Gasteiger partial charge on any atom is 0.309 e. The van der Waals surface area contributed by atoms with Crippen LogP contribution in [0.5, 0.6) is 5.75 Å². The Hall–Kier alpha value is -4.49. The van der Waals surface area contributed by atoms with E-state index >= 15 is 0 Å². The number of hydrogen-bond donors (Lipinski definition) is 3. The van der Waals surface area contributed by atoms with E-state index in [0.29, 0.717) is 32.5 Å². The summed E-state index contributed by atoms with van der Waals surface area (Å²) in [6, 6.07) is 3.67. The summed E-state index contributed by atoms with van der Waals surface area (Å²) in [5, 5.41) is 16.2. The second kappa shape index (κ2) is 10.6. The van der Waals surface area contributed by atoms with E-state index in [1.165, 1.54) is 19.2 Å². The molecule has 0 bridgehead atoms. The molecule has 0 saturated carbocycles. The zero-order valence-electron chi connectivity index (χ0n) is 20.2. The quantitative estimate of drug-likeness (QED) is 0.278. The minimum absolute atomic E-state index is 0.00291. The van der Waals surface area contributed by atoms with Gasteiger partial charge < -0.3 is 25.0 Å². The largest absolute Gasteiger partial charge is 0.494 e. The number of hydrogen-bond acceptors (Lipinski definition) is 10. The van der Waals surface area contributed by atoms with E-state index in [4.69, 9.17) is 9.47 Å². The number of nitro groups is 1. The van der Waals surface area contributed by atoms with E-state index in [0.717, 1.165) is 6.07 Å². The SMILES string of the molecule is CCOC(=O)C1CCN(c2nc3c(c(=O)[nH]2)C(C(=O)Nc2ccc([N+](=O)[O-])cc2OC)CC(=O)N3)CC1. The van der Waals surface area contributed by atoms with Gasteiger partial charge in [-0.3, -0.25) is 34.3 Å². The van der Waals surface area contributed by atoms with Crippen LogP contribution < -0.4 is 25.8 Å². The average molecular weight is 514 g/mol. The number of H-pyrrole nitrogens is 1. The Morgan fingerprint density at radius 1 is 1.27 bits per heavy atom. The molecule has 1 aromatic carbocycles. The highest BCUT2D eigenvalue weighted by molar-refractivity contribution is 6.05. The number of nitrogens with one attached hydrogen (secondary N) is 3. The first-order valence-corrected chi connectivity index (χ1v) is 11.7. The normalized spacial score (nSPS) is 17.4. The number of piperidine rings is 1.